The van der Waals surface area contributed by atoms with Crippen LogP contribution < -0.4 is 9.46 Å². The van der Waals surface area contributed by atoms with Gasteiger partial charge in [-0.15, -0.1) is 0 Å². The Hall–Kier alpha value is -2.99. The first kappa shape index (κ1) is 22.8. The molecule has 0 saturated carbocycles. The van der Waals surface area contributed by atoms with E-state index in [1.165, 1.54) is 5.56 Å². The van der Waals surface area contributed by atoms with Crippen LogP contribution in [0.3, 0.4) is 0 Å². The van der Waals surface area contributed by atoms with E-state index in [-0.39, 0.29) is 10.3 Å². The number of benzene rings is 3. The molecule has 4 aromatic rings. The smallest absolute Gasteiger partial charge is 0.261 e. The zero-order valence-corrected chi connectivity index (χ0v) is 21.0. The standard InChI is InChI=1S/C28H31NO4S/c1-5-28(2,3)18-10-15-26-23(16-18)24-17-25(21-8-6-7-9-22(21)27(24)33-26)29-34(30,31)20-13-11-19(32-4)12-14-20/h6-9,11-14,17-18,29H,5,10,15-16H2,1-4H3. The highest BCUT2D eigenvalue weighted by Gasteiger charge is 2.34. The summed E-state index contributed by atoms with van der Waals surface area (Å²) in [6.45, 7) is 6.94. The summed E-state index contributed by atoms with van der Waals surface area (Å²) in [4.78, 5) is 0.191. The lowest BCUT2D eigenvalue weighted by molar-refractivity contribution is 0.179. The average Bonchev–Trinajstić information content (AvgIpc) is 3.22. The van der Waals surface area contributed by atoms with Crippen LogP contribution in [0.4, 0.5) is 5.69 Å². The van der Waals surface area contributed by atoms with Gasteiger partial charge < -0.3 is 9.15 Å². The second-order valence-corrected chi connectivity index (χ2v) is 11.6. The quantitative estimate of drug-likeness (QED) is 0.327. The Balaban J connectivity index is 1.63. The number of rotatable bonds is 6. The fraction of sp³-hybridized carbons (Fsp3) is 0.357. The molecule has 1 aliphatic rings. The summed E-state index contributed by atoms with van der Waals surface area (Å²) < 4.78 is 40.9. The van der Waals surface area contributed by atoms with Crippen molar-refractivity contribution < 1.29 is 17.6 Å². The lowest BCUT2D eigenvalue weighted by Gasteiger charge is -2.36. The molecule has 5 nitrogen and oxygen atoms in total. The van der Waals surface area contributed by atoms with E-state index in [0.717, 1.165) is 53.2 Å². The molecule has 1 atom stereocenters. The third-order valence-corrected chi connectivity index (χ3v) is 9.06. The molecule has 0 amide bonds. The number of sulfonamides is 1. The van der Waals surface area contributed by atoms with Crippen molar-refractivity contribution in [1.29, 1.82) is 0 Å². The number of aryl methyl sites for hydroxylation is 1. The third kappa shape index (κ3) is 3.84. The fourth-order valence-corrected chi connectivity index (χ4v) is 6.17. The van der Waals surface area contributed by atoms with E-state index in [0.29, 0.717) is 17.4 Å². The molecule has 178 valence electrons. The minimum Gasteiger partial charge on any atom is -0.497 e. The van der Waals surface area contributed by atoms with Gasteiger partial charge in [0.2, 0.25) is 0 Å². The predicted molar refractivity (Wildman–Crippen MR) is 137 cm³/mol. The number of hydrogen-bond donors (Lipinski definition) is 1. The number of methoxy groups -OCH3 is 1. The number of hydrogen-bond acceptors (Lipinski definition) is 4. The Morgan fingerprint density at radius 1 is 1.06 bits per heavy atom. The van der Waals surface area contributed by atoms with Gasteiger partial charge in [0.15, 0.2) is 0 Å². The highest BCUT2D eigenvalue weighted by Crippen LogP contribution is 2.45. The molecular formula is C28H31NO4S. The number of furan rings is 1. The van der Waals surface area contributed by atoms with Gasteiger partial charge in [0.05, 0.1) is 17.7 Å². The van der Waals surface area contributed by atoms with E-state index < -0.39 is 10.0 Å². The van der Waals surface area contributed by atoms with Crippen molar-refractivity contribution >= 4 is 37.5 Å². The van der Waals surface area contributed by atoms with Crippen LogP contribution in [0.2, 0.25) is 0 Å². The molecule has 1 heterocycles. The molecule has 34 heavy (non-hydrogen) atoms. The van der Waals surface area contributed by atoms with Gasteiger partial charge >= 0.3 is 0 Å². The maximum Gasteiger partial charge on any atom is 0.261 e. The molecule has 0 radical (unpaired) electrons. The van der Waals surface area contributed by atoms with Crippen LogP contribution in [0.1, 0.15) is 44.9 Å². The van der Waals surface area contributed by atoms with Gasteiger partial charge in [0.1, 0.15) is 17.1 Å². The Bertz CT molecular complexity index is 1470. The van der Waals surface area contributed by atoms with Crippen molar-refractivity contribution in [2.24, 2.45) is 11.3 Å². The lowest BCUT2D eigenvalue weighted by Crippen LogP contribution is -2.28. The van der Waals surface area contributed by atoms with Crippen LogP contribution in [-0.2, 0) is 22.9 Å². The molecule has 6 heteroatoms. The van der Waals surface area contributed by atoms with Crippen molar-refractivity contribution in [3.8, 4) is 5.75 Å². The van der Waals surface area contributed by atoms with E-state index >= 15 is 0 Å². The van der Waals surface area contributed by atoms with Gasteiger partial charge in [-0.05, 0) is 54.5 Å². The summed E-state index contributed by atoms with van der Waals surface area (Å²) in [5.41, 5.74) is 2.89. The largest absolute Gasteiger partial charge is 0.497 e. The van der Waals surface area contributed by atoms with E-state index in [2.05, 4.69) is 25.5 Å². The number of fused-ring (bicyclic) bond motifs is 5. The molecule has 0 fully saturated rings. The van der Waals surface area contributed by atoms with Gasteiger partial charge in [-0.2, -0.15) is 0 Å². The SMILES string of the molecule is CCC(C)(C)C1CCc2oc3c(cc(NS(=O)(=O)c4ccc(OC)cc4)c4ccccc43)c2C1. The lowest BCUT2D eigenvalue weighted by atomic mass is 9.69. The van der Waals surface area contributed by atoms with Gasteiger partial charge in [-0.25, -0.2) is 8.42 Å². The summed E-state index contributed by atoms with van der Waals surface area (Å²) in [5, 5.41) is 2.76. The molecular weight excluding hydrogens is 446 g/mol. The minimum absolute atomic E-state index is 0.191. The first-order valence-corrected chi connectivity index (χ1v) is 13.3. The van der Waals surface area contributed by atoms with Gasteiger partial charge in [-0.1, -0.05) is 51.5 Å². The molecule has 1 aromatic heterocycles. The Morgan fingerprint density at radius 3 is 2.44 bits per heavy atom. The molecule has 0 bridgehead atoms. The van der Waals surface area contributed by atoms with Crippen LogP contribution in [0.25, 0.3) is 21.7 Å². The van der Waals surface area contributed by atoms with E-state index in [9.17, 15) is 8.42 Å². The second-order valence-electron chi connectivity index (χ2n) is 9.91. The monoisotopic (exact) mass is 477 g/mol. The Morgan fingerprint density at radius 2 is 1.76 bits per heavy atom. The predicted octanol–water partition coefficient (Wildman–Crippen LogP) is 6.94. The van der Waals surface area contributed by atoms with Crippen molar-refractivity contribution in [2.75, 3.05) is 11.8 Å². The highest BCUT2D eigenvalue weighted by molar-refractivity contribution is 7.92. The van der Waals surface area contributed by atoms with Gasteiger partial charge in [0, 0.05) is 28.1 Å². The average molecular weight is 478 g/mol. The molecule has 1 unspecified atom stereocenters. The first-order chi connectivity index (χ1) is 16.2. The molecule has 0 saturated heterocycles. The Kier molecular flexibility index (Phi) is 5.59. The Labute approximate surface area is 201 Å². The zero-order chi connectivity index (χ0) is 24.1. The topological polar surface area (TPSA) is 68.5 Å². The molecule has 3 aromatic carbocycles. The van der Waals surface area contributed by atoms with Crippen molar-refractivity contribution in [3.63, 3.8) is 0 Å². The number of anilines is 1. The van der Waals surface area contributed by atoms with Crippen LogP contribution in [-0.4, -0.2) is 15.5 Å². The summed E-state index contributed by atoms with van der Waals surface area (Å²) >= 11 is 0. The maximum absolute atomic E-state index is 13.3. The van der Waals surface area contributed by atoms with E-state index in [1.807, 2.05) is 30.3 Å². The van der Waals surface area contributed by atoms with E-state index in [1.54, 1.807) is 31.4 Å². The summed E-state index contributed by atoms with van der Waals surface area (Å²) in [7, 11) is -2.22. The van der Waals surface area contributed by atoms with Crippen LogP contribution >= 0.6 is 0 Å². The van der Waals surface area contributed by atoms with Crippen LogP contribution in [0.5, 0.6) is 5.75 Å². The summed E-state index contributed by atoms with van der Waals surface area (Å²) in [5.74, 6) is 2.22. The number of nitrogens with one attached hydrogen (secondary N) is 1. The first-order valence-electron chi connectivity index (χ1n) is 11.9. The summed E-state index contributed by atoms with van der Waals surface area (Å²) in [6.07, 6.45) is 4.10. The van der Waals surface area contributed by atoms with Gasteiger partial charge in [0.25, 0.3) is 10.0 Å². The maximum atomic E-state index is 13.3. The molecule has 0 spiro atoms. The normalized spacial score (nSPS) is 16.5. The second kappa shape index (κ2) is 8.35. The van der Waals surface area contributed by atoms with Crippen LogP contribution in [0, 0.1) is 11.3 Å². The minimum atomic E-state index is -3.78. The van der Waals surface area contributed by atoms with Gasteiger partial charge in [-0.3, -0.25) is 4.72 Å². The van der Waals surface area contributed by atoms with Crippen molar-refractivity contribution in [1.82, 2.24) is 0 Å². The van der Waals surface area contributed by atoms with E-state index in [4.69, 9.17) is 9.15 Å². The molecule has 1 aliphatic carbocycles. The molecule has 5 rings (SSSR count). The highest BCUT2D eigenvalue weighted by atomic mass is 32.2. The van der Waals surface area contributed by atoms with Crippen molar-refractivity contribution in [2.45, 2.75) is 51.3 Å². The molecule has 0 aliphatic heterocycles. The van der Waals surface area contributed by atoms with Crippen molar-refractivity contribution in [3.05, 3.63) is 65.9 Å². The third-order valence-electron chi connectivity index (χ3n) is 7.68. The summed E-state index contributed by atoms with van der Waals surface area (Å²) in [6, 6.07) is 16.2. The molecule has 1 N–H and O–H groups in total. The fourth-order valence-electron chi connectivity index (χ4n) is 5.10. The zero-order valence-electron chi connectivity index (χ0n) is 20.1. The van der Waals surface area contributed by atoms with Crippen LogP contribution in [0.15, 0.2) is 63.9 Å². The number of ether oxygens (including phenoxy) is 1.